The maximum Gasteiger partial charge on any atom is 0.265 e. The summed E-state index contributed by atoms with van der Waals surface area (Å²) in [5.74, 6) is 0.246. The number of para-hydroxylation sites is 1. The van der Waals surface area contributed by atoms with Gasteiger partial charge in [-0.15, -0.1) is 6.58 Å². The van der Waals surface area contributed by atoms with Crippen LogP contribution in [-0.2, 0) is 16.6 Å². The Morgan fingerprint density at radius 3 is 2.62 bits per heavy atom. The quantitative estimate of drug-likeness (QED) is 0.274. The number of aryl methyl sites for hydroxylation is 2. The molecule has 2 aromatic carbocycles. The fourth-order valence-electron chi connectivity index (χ4n) is 3.73. The molecule has 0 spiro atoms. The average Bonchev–Trinajstić information content (AvgIpc) is 3.03. The SMILES string of the molecule is C=CCN1C(=O)/C(=C\c2c(Oc3cccc(C)c3C)n(C)c3ccccc23)C(=O)NC1=S. The summed E-state index contributed by atoms with van der Waals surface area (Å²) in [4.78, 5) is 27.1. The minimum atomic E-state index is -0.536. The molecule has 1 aromatic heterocycles. The number of amides is 2. The van der Waals surface area contributed by atoms with Crippen molar-refractivity contribution in [1.82, 2.24) is 14.8 Å². The number of nitrogens with zero attached hydrogens (tertiary/aromatic N) is 2. The van der Waals surface area contributed by atoms with Crippen molar-refractivity contribution < 1.29 is 14.3 Å². The van der Waals surface area contributed by atoms with Crippen LogP contribution in [0.1, 0.15) is 16.7 Å². The molecule has 3 aromatic rings. The Morgan fingerprint density at radius 1 is 1.12 bits per heavy atom. The first-order valence-corrected chi connectivity index (χ1v) is 10.6. The number of thiocarbonyl (C=S) groups is 1. The third-order valence-electron chi connectivity index (χ3n) is 5.64. The number of rotatable bonds is 5. The van der Waals surface area contributed by atoms with Gasteiger partial charge in [0, 0.05) is 24.5 Å². The highest BCUT2D eigenvalue weighted by Gasteiger charge is 2.33. The molecule has 7 heteroatoms. The zero-order valence-electron chi connectivity index (χ0n) is 18.1. The molecular weight excluding hydrogens is 422 g/mol. The molecular formula is C25H23N3O3S. The number of carbonyl (C=O) groups excluding carboxylic acids is 2. The number of nitrogens with one attached hydrogen (secondary N) is 1. The van der Waals surface area contributed by atoms with Gasteiger partial charge in [-0.2, -0.15) is 0 Å². The zero-order chi connectivity index (χ0) is 23.0. The number of hydrogen-bond acceptors (Lipinski definition) is 4. The maximum absolute atomic E-state index is 13.1. The number of carbonyl (C=O) groups is 2. The van der Waals surface area contributed by atoms with E-state index in [1.165, 1.54) is 4.90 Å². The highest BCUT2D eigenvalue weighted by Crippen LogP contribution is 2.37. The molecule has 0 unspecified atom stereocenters. The van der Waals surface area contributed by atoms with Gasteiger partial charge in [-0.25, -0.2) is 0 Å². The predicted octanol–water partition coefficient (Wildman–Crippen LogP) is 4.40. The van der Waals surface area contributed by atoms with E-state index in [1.807, 2.05) is 67.9 Å². The molecule has 0 aliphatic carbocycles. The van der Waals surface area contributed by atoms with E-state index in [4.69, 9.17) is 17.0 Å². The number of fused-ring (bicyclic) bond motifs is 1. The van der Waals surface area contributed by atoms with Gasteiger partial charge in [0.15, 0.2) is 5.11 Å². The fraction of sp³-hybridized carbons (Fsp3) is 0.160. The third kappa shape index (κ3) is 3.61. The summed E-state index contributed by atoms with van der Waals surface area (Å²) in [7, 11) is 1.90. The first-order valence-electron chi connectivity index (χ1n) is 10.1. The summed E-state index contributed by atoms with van der Waals surface area (Å²) < 4.78 is 8.28. The molecule has 0 saturated carbocycles. The lowest BCUT2D eigenvalue weighted by Gasteiger charge is -2.27. The van der Waals surface area contributed by atoms with Gasteiger partial charge in [0.1, 0.15) is 11.3 Å². The van der Waals surface area contributed by atoms with E-state index in [2.05, 4.69) is 11.9 Å². The highest BCUT2D eigenvalue weighted by molar-refractivity contribution is 7.80. The summed E-state index contributed by atoms with van der Waals surface area (Å²) in [5.41, 5.74) is 3.68. The van der Waals surface area contributed by atoms with Crippen molar-refractivity contribution in [2.45, 2.75) is 13.8 Å². The zero-order valence-corrected chi connectivity index (χ0v) is 19.0. The normalized spacial score (nSPS) is 15.4. The molecule has 1 aliphatic heterocycles. The van der Waals surface area contributed by atoms with Crippen LogP contribution in [0.4, 0.5) is 0 Å². The third-order valence-corrected chi connectivity index (χ3v) is 5.96. The monoisotopic (exact) mass is 445 g/mol. The Morgan fingerprint density at radius 2 is 1.88 bits per heavy atom. The second-order valence-electron chi connectivity index (χ2n) is 7.62. The Bertz CT molecular complexity index is 1320. The van der Waals surface area contributed by atoms with Crippen molar-refractivity contribution in [1.29, 1.82) is 0 Å². The van der Waals surface area contributed by atoms with E-state index in [1.54, 1.807) is 12.2 Å². The van der Waals surface area contributed by atoms with Gasteiger partial charge >= 0.3 is 0 Å². The summed E-state index contributed by atoms with van der Waals surface area (Å²) in [5, 5.41) is 3.53. The van der Waals surface area contributed by atoms with Crippen LogP contribution in [0.25, 0.3) is 17.0 Å². The van der Waals surface area contributed by atoms with E-state index in [9.17, 15) is 9.59 Å². The molecule has 0 radical (unpaired) electrons. The van der Waals surface area contributed by atoms with Crippen molar-refractivity contribution in [3.8, 4) is 11.6 Å². The summed E-state index contributed by atoms with van der Waals surface area (Å²) >= 11 is 5.15. The highest BCUT2D eigenvalue weighted by atomic mass is 32.1. The number of benzene rings is 2. The van der Waals surface area contributed by atoms with Crippen molar-refractivity contribution in [2.24, 2.45) is 7.05 Å². The molecule has 2 amide bonds. The molecule has 1 aliphatic rings. The first-order chi connectivity index (χ1) is 15.3. The molecule has 1 saturated heterocycles. The molecule has 4 rings (SSSR count). The Kier molecular flexibility index (Phi) is 5.67. The number of ether oxygens (including phenoxy) is 1. The molecule has 0 atom stereocenters. The largest absolute Gasteiger partial charge is 0.440 e. The second-order valence-corrected chi connectivity index (χ2v) is 8.00. The van der Waals surface area contributed by atoms with Crippen LogP contribution in [0, 0.1) is 13.8 Å². The van der Waals surface area contributed by atoms with Crippen molar-refractivity contribution in [2.75, 3.05) is 6.54 Å². The van der Waals surface area contributed by atoms with Crippen LogP contribution < -0.4 is 10.1 Å². The van der Waals surface area contributed by atoms with Gasteiger partial charge in [0.2, 0.25) is 5.88 Å². The lowest BCUT2D eigenvalue weighted by molar-refractivity contribution is -0.128. The molecule has 6 nitrogen and oxygen atoms in total. The lowest BCUT2D eigenvalue weighted by Crippen LogP contribution is -2.53. The molecule has 1 N–H and O–H groups in total. The van der Waals surface area contributed by atoms with Gasteiger partial charge in [0.25, 0.3) is 11.8 Å². The molecule has 2 heterocycles. The summed E-state index contributed by atoms with van der Waals surface area (Å²) in [6, 6.07) is 13.6. The summed E-state index contributed by atoms with van der Waals surface area (Å²) in [6.45, 7) is 7.89. The number of aromatic nitrogens is 1. The summed E-state index contributed by atoms with van der Waals surface area (Å²) in [6.07, 6.45) is 3.14. The minimum Gasteiger partial charge on any atom is -0.440 e. The molecule has 32 heavy (non-hydrogen) atoms. The van der Waals surface area contributed by atoms with Gasteiger partial charge < -0.3 is 9.30 Å². The van der Waals surface area contributed by atoms with Crippen LogP contribution in [0.3, 0.4) is 0 Å². The van der Waals surface area contributed by atoms with Crippen LogP contribution in [0.2, 0.25) is 0 Å². The molecule has 0 bridgehead atoms. The Balaban J connectivity index is 1.90. The average molecular weight is 446 g/mol. The molecule has 1 fully saturated rings. The Labute approximate surface area is 191 Å². The van der Waals surface area contributed by atoms with Gasteiger partial charge in [-0.05, 0) is 55.4 Å². The van der Waals surface area contributed by atoms with Crippen LogP contribution >= 0.6 is 12.2 Å². The van der Waals surface area contributed by atoms with Crippen LogP contribution in [0.5, 0.6) is 11.6 Å². The van der Waals surface area contributed by atoms with Crippen molar-refractivity contribution in [3.63, 3.8) is 0 Å². The lowest BCUT2D eigenvalue weighted by atomic mass is 10.1. The van der Waals surface area contributed by atoms with E-state index >= 15 is 0 Å². The van der Waals surface area contributed by atoms with E-state index in [0.29, 0.717) is 17.2 Å². The maximum atomic E-state index is 13.1. The van der Waals surface area contributed by atoms with Gasteiger partial charge in [0.05, 0.1) is 5.52 Å². The van der Waals surface area contributed by atoms with E-state index in [-0.39, 0.29) is 17.2 Å². The van der Waals surface area contributed by atoms with E-state index < -0.39 is 11.8 Å². The van der Waals surface area contributed by atoms with Gasteiger partial charge in [-0.1, -0.05) is 36.4 Å². The fourth-order valence-corrected chi connectivity index (χ4v) is 3.98. The topological polar surface area (TPSA) is 63.6 Å². The van der Waals surface area contributed by atoms with Crippen molar-refractivity contribution >= 4 is 46.1 Å². The first kappa shape index (κ1) is 21.5. The smallest absolute Gasteiger partial charge is 0.265 e. The van der Waals surface area contributed by atoms with Crippen LogP contribution in [0.15, 0.2) is 60.7 Å². The molecule has 162 valence electrons. The van der Waals surface area contributed by atoms with Crippen molar-refractivity contribution in [3.05, 3.63) is 77.4 Å². The van der Waals surface area contributed by atoms with Crippen LogP contribution in [-0.4, -0.2) is 32.9 Å². The Hall–Kier alpha value is -3.71. The number of hydrogen-bond donors (Lipinski definition) is 1. The van der Waals surface area contributed by atoms with E-state index in [0.717, 1.165) is 22.0 Å². The standard InChI is InChI=1S/C25H23N3O3S/c1-5-13-28-23(30)19(22(29)26-25(28)32)14-18-17-10-6-7-11-20(17)27(4)24(18)31-21-12-8-9-15(2)16(21)3/h5-12,14H,1,13H2,2-4H3,(H,26,29,32)/b19-14-. The second kappa shape index (κ2) is 8.43. The van der Waals surface area contributed by atoms with Gasteiger partial charge in [-0.3, -0.25) is 19.8 Å². The minimum absolute atomic E-state index is 0.0115. The predicted molar refractivity (Wildman–Crippen MR) is 130 cm³/mol.